The van der Waals surface area contributed by atoms with Crippen LogP contribution in [-0.4, -0.2) is 9.97 Å². The van der Waals surface area contributed by atoms with Crippen molar-refractivity contribution in [2.75, 3.05) is 11.1 Å². The first-order valence-electron chi connectivity index (χ1n) is 6.54. The summed E-state index contributed by atoms with van der Waals surface area (Å²) in [5.41, 5.74) is 7.83. The van der Waals surface area contributed by atoms with Crippen molar-refractivity contribution in [2.24, 2.45) is 0 Å². The Morgan fingerprint density at radius 2 is 2.10 bits per heavy atom. The van der Waals surface area contributed by atoms with Gasteiger partial charge in [-0.2, -0.15) is 0 Å². The average molecular weight is 284 g/mol. The lowest BCUT2D eigenvalue weighted by atomic mass is 10.2. The molecule has 5 heteroatoms. The number of nitrogens with one attached hydrogen (secondary N) is 1. The summed E-state index contributed by atoms with van der Waals surface area (Å²) < 4.78 is 1.28. The van der Waals surface area contributed by atoms with Crippen LogP contribution in [-0.2, 0) is 6.42 Å². The number of aromatic nitrogens is 2. The van der Waals surface area contributed by atoms with Crippen LogP contribution in [0.25, 0.3) is 10.1 Å². The van der Waals surface area contributed by atoms with Gasteiger partial charge in [0.15, 0.2) is 0 Å². The molecule has 3 rings (SSSR count). The highest BCUT2D eigenvalue weighted by molar-refractivity contribution is 7.17. The minimum absolute atomic E-state index is 0.538. The van der Waals surface area contributed by atoms with Crippen LogP contribution in [0.5, 0.6) is 0 Å². The largest absolute Gasteiger partial charge is 0.383 e. The molecular formula is C15H16N4S. The van der Waals surface area contributed by atoms with Crippen LogP contribution in [0, 0.1) is 6.92 Å². The summed E-state index contributed by atoms with van der Waals surface area (Å²) in [5.74, 6) is 2.08. The Morgan fingerprint density at radius 3 is 2.90 bits per heavy atom. The molecule has 20 heavy (non-hydrogen) atoms. The number of hydrogen-bond donors (Lipinski definition) is 2. The Kier molecular flexibility index (Phi) is 3.28. The summed E-state index contributed by atoms with van der Waals surface area (Å²) in [5, 5.41) is 6.67. The Labute approximate surface area is 121 Å². The second kappa shape index (κ2) is 5.09. The summed E-state index contributed by atoms with van der Waals surface area (Å²) in [4.78, 5) is 8.78. The quantitative estimate of drug-likeness (QED) is 0.766. The topological polar surface area (TPSA) is 63.8 Å². The first kappa shape index (κ1) is 12.9. The number of rotatable bonds is 3. The van der Waals surface area contributed by atoms with E-state index in [1.54, 1.807) is 11.3 Å². The summed E-state index contributed by atoms with van der Waals surface area (Å²) >= 11 is 1.74. The Morgan fingerprint density at radius 1 is 1.25 bits per heavy atom. The molecule has 3 aromatic rings. The predicted molar refractivity (Wildman–Crippen MR) is 85.7 cm³/mol. The lowest BCUT2D eigenvalue weighted by Gasteiger charge is -2.11. The molecule has 1 aromatic carbocycles. The fraction of sp³-hybridized carbons (Fsp3) is 0.200. The molecule has 0 aliphatic rings. The highest BCUT2D eigenvalue weighted by Crippen LogP contribution is 2.27. The molecule has 4 nitrogen and oxygen atoms in total. The molecule has 102 valence electrons. The Balaban J connectivity index is 1.99. The number of fused-ring (bicyclic) bond motifs is 1. The molecule has 2 heterocycles. The van der Waals surface area contributed by atoms with Gasteiger partial charge in [-0.1, -0.05) is 6.92 Å². The molecule has 0 fully saturated rings. The third-order valence-corrected chi connectivity index (χ3v) is 4.16. The van der Waals surface area contributed by atoms with Gasteiger partial charge in [0.25, 0.3) is 0 Å². The van der Waals surface area contributed by atoms with Gasteiger partial charge in [-0.3, -0.25) is 0 Å². The highest BCUT2D eigenvalue weighted by atomic mass is 32.1. The molecule has 0 bridgehead atoms. The fourth-order valence-electron chi connectivity index (χ4n) is 2.04. The van der Waals surface area contributed by atoms with Gasteiger partial charge >= 0.3 is 0 Å². The summed E-state index contributed by atoms with van der Waals surface area (Å²) in [7, 11) is 0. The maximum atomic E-state index is 5.94. The van der Waals surface area contributed by atoms with Crippen LogP contribution in [0.4, 0.5) is 17.3 Å². The Hall–Kier alpha value is -2.14. The first-order chi connectivity index (χ1) is 9.67. The van der Waals surface area contributed by atoms with E-state index in [1.165, 1.54) is 10.1 Å². The van der Waals surface area contributed by atoms with Crippen LogP contribution in [0.3, 0.4) is 0 Å². The van der Waals surface area contributed by atoms with E-state index >= 15 is 0 Å². The van der Waals surface area contributed by atoms with E-state index in [0.29, 0.717) is 5.82 Å². The summed E-state index contributed by atoms with van der Waals surface area (Å²) in [6.45, 7) is 3.95. The smallest absolute Gasteiger partial charge is 0.139 e. The number of nitrogens with zero attached hydrogens (tertiary/aromatic N) is 2. The number of nitrogens with two attached hydrogens (primary N) is 1. The van der Waals surface area contributed by atoms with E-state index in [1.807, 2.05) is 13.8 Å². The van der Waals surface area contributed by atoms with Gasteiger partial charge in [0, 0.05) is 22.4 Å². The van der Waals surface area contributed by atoms with E-state index in [9.17, 15) is 0 Å². The van der Waals surface area contributed by atoms with E-state index < -0.39 is 0 Å². The minimum atomic E-state index is 0.538. The minimum Gasteiger partial charge on any atom is -0.383 e. The van der Waals surface area contributed by atoms with Crippen molar-refractivity contribution in [3.63, 3.8) is 0 Å². The monoisotopic (exact) mass is 284 g/mol. The number of hydrogen-bond acceptors (Lipinski definition) is 5. The van der Waals surface area contributed by atoms with Crippen LogP contribution in [0.2, 0.25) is 0 Å². The van der Waals surface area contributed by atoms with Crippen molar-refractivity contribution in [3.8, 4) is 0 Å². The third-order valence-electron chi connectivity index (χ3n) is 3.26. The zero-order valence-corrected chi connectivity index (χ0v) is 12.3. The molecular weight excluding hydrogens is 268 g/mol. The lowest BCUT2D eigenvalue weighted by Crippen LogP contribution is -2.06. The van der Waals surface area contributed by atoms with Crippen LogP contribution in [0.1, 0.15) is 18.3 Å². The van der Waals surface area contributed by atoms with Crippen molar-refractivity contribution in [1.82, 2.24) is 9.97 Å². The summed E-state index contributed by atoms with van der Waals surface area (Å²) in [6.07, 6.45) is 0.767. The maximum Gasteiger partial charge on any atom is 0.139 e. The lowest BCUT2D eigenvalue weighted by molar-refractivity contribution is 0.940. The number of thiophene rings is 1. The number of nitrogen functional groups attached to an aromatic ring is 1. The fourth-order valence-corrected chi connectivity index (χ4v) is 2.81. The molecule has 2 aromatic heterocycles. The molecule has 0 atom stereocenters. The molecule has 0 saturated carbocycles. The average Bonchev–Trinajstić information content (AvgIpc) is 2.91. The molecule has 0 amide bonds. The number of aryl methyl sites for hydroxylation is 1. The van der Waals surface area contributed by atoms with Crippen molar-refractivity contribution >= 4 is 38.7 Å². The third kappa shape index (κ3) is 2.32. The maximum absolute atomic E-state index is 5.94. The first-order valence-corrected chi connectivity index (χ1v) is 7.42. The number of anilines is 3. The van der Waals surface area contributed by atoms with Gasteiger partial charge in [0.2, 0.25) is 0 Å². The highest BCUT2D eigenvalue weighted by Gasteiger charge is 2.08. The molecule has 3 N–H and O–H groups in total. The molecule has 0 saturated heterocycles. The van der Waals surface area contributed by atoms with Crippen LogP contribution >= 0.6 is 11.3 Å². The van der Waals surface area contributed by atoms with E-state index in [0.717, 1.165) is 29.3 Å². The van der Waals surface area contributed by atoms with Crippen molar-refractivity contribution in [2.45, 2.75) is 20.3 Å². The Bertz CT molecular complexity index is 764. The molecule has 0 aliphatic heterocycles. The van der Waals surface area contributed by atoms with Crippen LogP contribution < -0.4 is 11.1 Å². The predicted octanol–water partition coefficient (Wildman–Crippen LogP) is 3.89. The van der Waals surface area contributed by atoms with Crippen molar-refractivity contribution < 1.29 is 0 Å². The van der Waals surface area contributed by atoms with E-state index in [-0.39, 0.29) is 0 Å². The zero-order valence-electron chi connectivity index (χ0n) is 11.5. The van der Waals surface area contributed by atoms with Crippen molar-refractivity contribution in [1.29, 1.82) is 0 Å². The van der Waals surface area contributed by atoms with E-state index in [4.69, 9.17) is 5.73 Å². The van der Waals surface area contributed by atoms with Crippen LogP contribution in [0.15, 0.2) is 29.6 Å². The van der Waals surface area contributed by atoms with Gasteiger partial charge in [-0.25, -0.2) is 9.97 Å². The molecule has 0 unspecified atom stereocenters. The molecule has 0 aliphatic carbocycles. The standard InChI is InChI=1S/C15H16N4S/c1-3-13-18-14(16)9(2)15(19-13)17-11-4-5-12-10(8-11)6-7-20-12/h4-8H,3H2,1-2H3,(H3,16,17,18,19). The second-order valence-electron chi connectivity index (χ2n) is 4.65. The van der Waals surface area contributed by atoms with Gasteiger partial charge in [-0.05, 0) is 42.0 Å². The normalized spacial score (nSPS) is 10.9. The molecule has 0 radical (unpaired) electrons. The summed E-state index contributed by atoms with van der Waals surface area (Å²) in [6, 6.07) is 8.41. The van der Waals surface area contributed by atoms with E-state index in [2.05, 4.69) is 44.9 Å². The van der Waals surface area contributed by atoms with Gasteiger partial charge in [-0.15, -0.1) is 11.3 Å². The molecule has 0 spiro atoms. The number of benzene rings is 1. The van der Waals surface area contributed by atoms with Gasteiger partial charge in [0.1, 0.15) is 17.5 Å². The van der Waals surface area contributed by atoms with Crippen molar-refractivity contribution in [3.05, 3.63) is 41.0 Å². The second-order valence-corrected chi connectivity index (χ2v) is 5.60. The van der Waals surface area contributed by atoms with Gasteiger partial charge in [0.05, 0.1) is 0 Å². The SMILES string of the molecule is CCc1nc(N)c(C)c(Nc2ccc3sccc3c2)n1. The zero-order chi connectivity index (χ0) is 14.1. The van der Waals surface area contributed by atoms with Gasteiger partial charge < -0.3 is 11.1 Å².